The second-order valence-corrected chi connectivity index (χ2v) is 7.40. The largest absolute Gasteiger partial charge is 0.497 e. The number of benzene rings is 2. The van der Waals surface area contributed by atoms with Crippen molar-refractivity contribution in [2.45, 2.75) is 18.9 Å². The molecule has 0 aliphatic carbocycles. The summed E-state index contributed by atoms with van der Waals surface area (Å²) in [6.07, 6.45) is 2.33. The number of nitrogens with zero attached hydrogens (tertiary/aromatic N) is 3. The topological polar surface area (TPSA) is 58.8 Å². The Hall–Kier alpha value is -2.86. The van der Waals surface area contributed by atoms with Gasteiger partial charge in [-0.25, -0.2) is 4.98 Å². The maximum atomic E-state index is 12.9. The second kappa shape index (κ2) is 7.64. The van der Waals surface area contributed by atoms with Gasteiger partial charge in [0.2, 0.25) is 5.89 Å². The third kappa shape index (κ3) is 3.60. The molecule has 2 heterocycles. The first kappa shape index (κ1) is 18.5. The third-order valence-corrected chi connectivity index (χ3v) is 5.45. The van der Waals surface area contributed by atoms with Gasteiger partial charge in [-0.1, -0.05) is 6.07 Å². The van der Waals surface area contributed by atoms with Crippen LogP contribution in [0, 0.1) is 0 Å². The number of carbonyl (C=O) groups is 1. The average molecular weight is 379 g/mol. The molecular weight excluding hydrogens is 354 g/mol. The Bertz CT molecular complexity index is 998. The van der Waals surface area contributed by atoms with Crippen LogP contribution in [0.15, 0.2) is 46.9 Å². The molecule has 1 aromatic heterocycles. The van der Waals surface area contributed by atoms with Gasteiger partial charge in [0.1, 0.15) is 11.3 Å². The molecule has 0 bridgehead atoms. The molecule has 28 heavy (non-hydrogen) atoms. The van der Waals surface area contributed by atoms with Gasteiger partial charge in [-0.3, -0.25) is 4.79 Å². The van der Waals surface area contributed by atoms with E-state index < -0.39 is 0 Å². The molecule has 3 aromatic rings. The number of methoxy groups -OCH3 is 1. The first-order valence-electron chi connectivity index (χ1n) is 9.56. The number of oxazole rings is 1. The van der Waals surface area contributed by atoms with Crippen molar-refractivity contribution in [3.63, 3.8) is 0 Å². The van der Waals surface area contributed by atoms with Crippen LogP contribution in [0.3, 0.4) is 0 Å². The van der Waals surface area contributed by atoms with Gasteiger partial charge in [0.15, 0.2) is 5.58 Å². The molecule has 1 aliphatic heterocycles. The van der Waals surface area contributed by atoms with Gasteiger partial charge in [-0.15, -0.1) is 0 Å². The Labute approximate surface area is 164 Å². The predicted molar refractivity (Wildman–Crippen MR) is 109 cm³/mol. The Morgan fingerprint density at radius 1 is 1.32 bits per heavy atom. The van der Waals surface area contributed by atoms with Crippen LogP contribution in [0.1, 0.15) is 23.2 Å². The highest BCUT2D eigenvalue weighted by Gasteiger charge is 2.24. The van der Waals surface area contributed by atoms with Crippen molar-refractivity contribution in [1.82, 2.24) is 14.8 Å². The molecule has 4 rings (SSSR count). The summed E-state index contributed by atoms with van der Waals surface area (Å²) in [4.78, 5) is 21.5. The molecule has 6 nitrogen and oxygen atoms in total. The molecule has 1 aliphatic rings. The van der Waals surface area contributed by atoms with Crippen molar-refractivity contribution >= 4 is 17.0 Å². The van der Waals surface area contributed by atoms with Crippen molar-refractivity contribution in [3.8, 4) is 17.2 Å². The van der Waals surface area contributed by atoms with E-state index in [1.165, 1.54) is 6.42 Å². The molecule has 0 N–H and O–H groups in total. The highest BCUT2D eigenvalue weighted by atomic mass is 16.5. The maximum Gasteiger partial charge on any atom is 0.253 e. The normalized spacial score (nSPS) is 17.2. The zero-order chi connectivity index (χ0) is 19.7. The zero-order valence-corrected chi connectivity index (χ0v) is 16.5. The van der Waals surface area contributed by atoms with Gasteiger partial charge in [-0.05, 0) is 62.8 Å². The summed E-state index contributed by atoms with van der Waals surface area (Å²) >= 11 is 0. The van der Waals surface area contributed by atoms with E-state index in [0.717, 1.165) is 36.3 Å². The number of amides is 1. The van der Waals surface area contributed by atoms with E-state index in [-0.39, 0.29) is 5.91 Å². The lowest BCUT2D eigenvalue weighted by Gasteiger charge is -2.25. The van der Waals surface area contributed by atoms with Crippen molar-refractivity contribution < 1.29 is 13.9 Å². The smallest absolute Gasteiger partial charge is 0.253 e. The Balaban J connectivity index is 1.56. The molecule has 1 saturated heterocycles. The Kier molecular flexibility index (Phi) is 5.05. The number of rotatable bonds is 5. The zero-order valence-electron chi connectivity index (χ0n) is 16.5. The summed E-state index contributed by atoms with van der Waals surface area (Å²) in [5, 5.41) is 0. The van der Waals surface area contributed by atoms with E-state index in [9.17, 15) is 4.79 Å². The molecule has 6 heteroatoms. The van der Waals surface area contributed by atoms with Crippen molar-refractivity contribution in [2.75, 3.05) is 34.3 Å². The summed E-state index contributed by atoms with van der Waals surface area (Å²) in [7, 11) is 5.61. The molecule has 1 fully saturated rings. The molecule has 1 atom stereocenters. The highest BCUT2D eigenvalue weighted by molar-refractivity contribution is 5.97. The van der Waals surface area contributed by atoms with Crippen LogP contribution in [0.2, 0.25) is 0 Å². The van der Waals surface area contributed by atoms with Crippen LogP contribution >= 0.6 is 0 Å². The van der Waals surface area contributed by atoms with Crippen molar-refractivity contribution in [2.24, 2.45) is 0 Å². The predicted octanol–water partition coefficient (Wildman–Crippen LogP) is 3.67. The van der Waals surface area contributed by atoms with Crippen LogP contribution in [-0.2, 0) is 0 Å². The van der Waals surface area contributed by atoms with Gasteiger partial charge >= 0.3 is 0 Å². The highest BCUT2D eigenvalue weighted by Crippen LogP contribution is 2.27. The first-order chi connectivity index (χ1) is 13.5. The lowest BCUT2D eigenvalue weighted by Crippen LogP contribution is -2.39. The lowest BCUT2D eigenvalue weighted by molar-refractivity contribution is 0.0761. The van der Waals surface area contributed by atoms with Crippen LogP contribution in [0.25, 0.3) is 22.6 Å². The molecule has 0 spiro atoms. The molecule has 1 amide bonds. The minimum Gasteiger partial charge on any atom is -0.497 e. The first-order valence-corrected chi connectivity index (χ1v) is 9.56. The Morgan fingerprint density at radius 3 is 2.93 bits per heavy atom. The summed E-state index contributed by atoms with van der Waals surface area (Å²) in [5.41, 5.74) is 2.79. The van der Waals surface area contributed by atoms with E-state index in [2.05, 4.69) is 16.9 Å². The maximum absolute atomic E-state index is 12.9. The van der Waals surface area contributed by atoms with E-state index >= 15 is 0 Å². The molecule has 0 saturated carbocycles. The number of hydrogen-bond donors (Lipinski definition) is 0. The lowest BCUT2D eigenvalue weighted by atomic mass is 10.1. The third-order valence-electron chi connectivity index (χ3n) is 5.45. The average Bonchev–Trinajstić information content (AvgIpc) is 3.33. The molecule has 1 unspecified atom stereocenters. The number of aromatic nitrogens is 1. The van der Waals surface area contributed by atoms with Crippen LogP contribution in [0.4, 0.5) is 0 Å². The SMILES string of the molecule is COc1cccc(-c2nc3ccc(C(=O)N(C)CC4CCCN4C)cc3o2)c1. The van der Waals surface area contributed by atoms with Crippen molar-refractivity contribution in [3.05, 3.63) is 48.0 Å². The van der Waals surface area contributed by atoms with Crippen LogP contribution in [0.5, 0.6) is 5.75 Å². The number of fused-ring (bicyclic) bond motifs is 1. The number of ether oxygens (including phenoxy) is 1. The molecule has 0 radical (unpaired) electrons. The van der Waals surface area contributed by atoms with Gasteiger partial charge in [0.25, 0.3) is 5.91 Å². The Morgan fingerprint density at radius 2 is 2.18 bits per heavy atom. The second-order valence-electron chi connectivity index (χ2n) is 7.40. The summed E-state index contributed by atoms with van der Waals surface area (Å²) in [6.45, 7) is 1.84. The van der Waals surface area contributed by atoms with Gasteiger partial charge in [-0.2, -0.15) is 0 Å². The monoisotopic (exact) mass is 379 g/mol. The standard InChI is InChI=1S/C22H25N3O3/c1-24-11-5-7-17(24)14-25(2)22(26)16-9-10-19-20(13-16)28-21(23-19)15-6-4-8-18(12-15)27-3/h4,6,8-10,12-13,17H,5,7,11,14H2,1-3H3. The molecule has 2 aromatic carbocycles. The van der Waals surface area contributed by atoms with E-state index in [1.54, 1.807) is 18.1 Å². The van der Waals surface area contributed by atoms with E-state index in [4.69, 9.17) is 9.15 Å². The van der Waals surface area contributed by atoms with Gasteiger partial charge < -0.3 is 19.0 Å². The minimum atomic E-state index is 0.00142. The van der Waals surface area contributed by atoms with Crippen molar-refractivity contribution in [1.29, 1.82) is 0 Å². The fraction of sp³-hybridized carbons (Fsp3) is 0.364. The number of carbonyl (C=O) groups excluding carboxylic acids is 1. The minimum absolute atomic E-state index is 0.00142. The number of likely N-dealkylation sites (N-methyl/N-ethyl adjacent to an activating group) is 2. The van der Waals surface area contributed by atoms with Gasteiger partial charge in [0, 0.05) is 30.8 Å². The van der Waals surface area contributed by atoms with Gasteiger partial charge in [0.05, 0.1) is 7.11 Å². The summed E-state index contributed by atoms with van der Waals surface area (Å²) in [5.74, 6) is 1.26. The summed E-state index contributed by atoms with van der Waals surface area (Å²) < 4.78 is 11.2. The van der Waals surface area contributed by atoms with Crippen LogP contribution < -0.4 is 4.74 Å². The summed E-state index contributed by atoms with van der Waals surface area (Å²) in [6, 6.07) is 13.4. The fourth-order valence-corrected chi connectivity index (χ4v) is 3.77. The fourth-order valence-electron chi connectivity index (χ4n) is 3.77. The van der Waals surface area contributed by atoms with E-state index in [1.807, 2.05) is 43.4 Å². The quantitative estimate of drug-likeness (QED) is 0.677. The van der Waals surface area contributed by atoms with Crippen LogP contribution in [-0.4, -0.2) is 61.0 Å². The molecular formula is C22H25N3O3. The van der Waals surface area contributed by atoms with E-state index in [0.29, 0.717) is 23.1 Å². The number of hydrogen-bond acceptors (Lipinski definition) is 5. The molecule has 146 valence electrons. The number of likely N-dealkylation sites (tertiary alicyclic amines) is 1.